The summed E-state index contributed by atoms with van der Waals surface area (Å²) in [6.07, 6.45) is 3.05. The van der Waals surface area contributed by atoms with Crippen molar-refractivity contribution >= 4 is 11.8 Å². The first-order chi connectivity index (χ1) is 10.2. The molecule has 0 aliphatic heterocycles. The van der Waals surface area contributed by atoms with Crippen LogP contribution in [0.4, 0.5) is 0 Å². The highest BCUT2D eigenvalue weighted by atomic mass is 16.3. The summed E-state index contributed by atoms with van der Waals surface area (Å²) in [5.74, 6) is 0.419. The van der Waals surface area contributed by atoms with Crippen LogP contribution in [0.5, 0.6) is 0 Å². The molecular formula is C17H32N2O3. The number of carbonyl (C=O) groups is 2. The van der Waals surface area contributed by atoms with Gasteiger partial charge in [-0.05, 0) is 38.5 Å². The Morgan fingerprint density at radius 1 is 1.05 bits per heavy atom. The second-order valence-electron chi connectivity index (χ2n) is 7.29. The highest BCUT2D eigenvalue weighted by Crippen LogP contribution is 2.30. The summed E-state index contributed by atoms with van der Waals surface area (Å²) in [6.45, 7) is 9.31. The van der Waals surface area contributed by atoms with Crippen molar-refractivity contribution in [2.45, 2.75) is 78.5 Å². The van der Waals surface area contributed by atoms with Gasteiger partial charge in [0.25, 0.3) is 0 Å². The van der Waals surface area contributed by atoms with Crippen molar-refractivity contribution in [3.63, 3.8) is 0 Å². The smallest absolute Gasteiger partial charge is 0.222 e. The Bertz CT molecular complexity index is 382. The molecule has 2 amide bonds. The standard InChI is InChI=1S/C17H32N2O3/c1-10(2)16(21)18-12(5)15(20)9-13-6-7-14(8-13)19-17(22)11(3)4/h10-15,20H,6-9H2,1-5H3,(H,18,21)(H,19,22). The Hall–Kier alpha value is -1.10. The number of amides is 2. The lowest BCUT2D eigenvalue weighted by Gasteiger charge is -2.24. The van der Waals surface area contributed by atoms with Gasteiger partial charge in [-0.3, -0.25) is 9.59 Å². The zero-order chi connectivity index (χ0) is 16.9. The summed E-state index contributed by atoms with van der Waals surface area (Å²) in [6, 6.07) is -0.00753. The van der Waals surface area contributed by atoms with Gasteiger partial charge < -0.3 is 15.7 Å². The van der Waals surface area contributed by atoms with Gasteiger partial charge >= 0.3 is 0 Å². The van der Waals surface area contributed by atoms with Crippen LogP contribution in [0, 0.1) is 17.8 Å². The normalized spacial score (nSPS) is 24.4. The zero-order valence-electron chi connectivity index (χ0n) is 14.6. The van der Waals surface area contributed by atoms with E-state index in [1.807, 2.05) is 34.6 Å². The number of hydrogen-bond acceptors (Lipinski definition) is 3. The summed E-state index contributed by atoms with van der Waals surface area (Å²) < 4.78 is 0. The van der Waals surface area contributed by atoms with Crippen molar-refractivity contribution in [2.24, 2.45) is 17.8 Å². The molecule has 0 aromatic heterocycles. The van der Waals surface area contributed by atoms with E-state index in [4.69, 9.17) is 0 Å². The molecule has 22 heavy (non-hydrogen) atoms. The van der Waals surface area contributed by atoms with E-state index < -0.39 is 6.10 Å². The fraction of sp³-hybridized carbons (Fsp3) is 0.882. The van der Waals surface area contributed by atoms with E-state index in [2.05, 4.69) is 10.6 Å². The van der Waals surface area contributed by atoms with Gasteiger partial charge in [0.05, 0.1) is 12.1 Å². The van der Waals surface area contributed by atoms with Crippen LogP contribution in [0.15, 0.2) is 0 Å². The molecule has 3 N–H and O–H groups in total. The lowest BCUT2D eigenvalue weighted by Crippen LogP contribution is -2.43. The van der Waals surface area contributed by atoms with E-state index in [-0.39, 0.29) is 35.7 Å². The molecule has 5 heteroatoms. The fourth-order valence-electron chi connectivity index (χ4n) is 2.82. The molecule has 128 valence electrons. The van der Waals surface area contributed by atoms with E-state index in [0.29, 0.717) is 12.3 Å². The lowest BCUT2D eigenvalue weighted by atomic mass is 9.96. The number of aliphatic hydroxyl groups excluding tert-OH is 1. The summed E-state index contributed by atoms with van der Waals surface area (Å²) in [5, 5.41) is 16.2. The molecule has 1 rings (SSSR count). The molecule has 0 heterocycles. The first kappa shape index (κ1) is 18.9. The Morgan fingerprint density at radius 2 is 1.64 bits per heavy atom. The van der Waals surface area contributed by atoms with Crippen molar-refractivity contribution in [1.29, 1.82) is 0 Å². The summed E-state index contributed by atoms with van der Waals surface area (Å²) in [7, 11) is 0. The average molecular weight is 312 g/mol. The topological polar surface area (TPSA) is 78.4 Å². The third-order valence-corrected chi connectivity index (χ3v) is 4.46. The first-order valence-corrected chi connectivity index (χ1v) is 8.49. The lowest BCUT2D eigenvalue weighted by molar-refractivity contribution is -0.126. The molecule has 1 aliphatic rings. The van der Waals surface area contributed by atoms with Gasteiger partial charge in [0, 0.05) is 17.9 Å². The monoisotopic (exact) mass is 312 g/mol. The maximum atomic E-state index is 11.7. The third kappa shape index (κ3) is 5.95. The second kappa shape index (κ2) is 8.51. The molecule has 1 saturated carbocycles. The van der Waals surface area contributed by atoms with Crippen molar-refractivity contribution in [1.82, 2.24) is 10.6 Å². The van der Waals surface area contributed by atoms with Crippen molar-refractivity contribution in [2.75, 3.05) is 0 Å². The van der Waals surface area contributed by atoms with Crippen LogP contribution >= 0.6 is 0 Å². The first-order valence-electron chi connectivity index (χ1n) is 8.49. The molecule has 1 aliphatic carbocycles. The molecule has 0 radical (unpaired) electrons. The van der Waals surface area contributed by atoms with Crippen LogP contribution in [-0.2, 0) is 9.59 Å². The van der Waals surface area contributed by atoms with Gasteiger partial charge in [-0.15, -0.1) is 0 Å². The predicted octanol–water partition coefficient (Wildman–Crippen LogP) is 1.84. The van der Waals surface area contributed by atoms with Gasteiger partial charge in [0.2, 0.25) is 11.8 Å². The van der Waals surface area contributed by atoms with E-state index in [9.17, 15) is 14.7 Å². The summed E-state index contributed by atoms with van der Waals surface area (Å²) in [4.78, 5) is 23.4. The molecule has 0 saturated heterocycles. The number of carbonyl (C=O) groups excluding carboxylic acids is 2. The molecule has 1 fully saturated rings. The SMILES string of the molecule is CC(C)C(=O)NC1CCC(CC(O)C(C)NC(=O)C(C)C)C1. The largest absolute Gasteiger partial charge is 0.391 e. The van der Waals surface area contributed by atoms with E-state index in [0.717, 1.165) is 19.3 Å². The van der Waals surface area contributed by atoms with E-state index >= 15 is 0 Å². The minimum atomic E-state index is -0.535. The molecule has 5 nitrogen and oxygen atoms in total. The van der Waals surface area contributed by atoms with Crippen LogP contribution in [0.2, 0.25) is 0 Å². The Kier molecular flexibility index (Phi) is 7.33. The number of aliphatic hydroxyl groups is 1. The van der Waals surface area contributed by atoms with Crippen molar-refractivity contribution in [3.8, 4) is 0 Å². The van der Waals surface area contributed by atoms with E-state index in [1.165, 1.54) is 0 Å². The highest BCUT2D eigenvalue weighted by Gasteiger charge is 2.29. The second-order valence-corrected chi connectivity index (χ2v) is 7.29. The number of nitrogens with one attached hydrogen (secondary N) is 2. The Labute approximate surface area is 134 Å². The number of hydrogen-bond donors (Lipinski definition) is 3. The quantitative estimate of drug-likeness (QED) is 0.671. The predicted molar refractivity (Wildman–Crippen MR) is 87.2 cm³/mol. The van der Waals surface area contributed by atoms with Crippen LogP contribution in [0.3, 0.4) is 0 Å². The molecule has 4 unspecified atom stereocenters. The molecule has 0 aromatic rings. The summed E-state index contributed by atoms with van der Waals surface area (Å²) >= 11 is 0. The summed E-state index contributed by atoms with van der Waals surface area (Å²) in [5.41, 5.74) is 0. The van der Waals surface area contributed by atoms with Crippen LogP contribution < -0.4 is 10.6 Å². The third-order valence-electron chi connectivity index (χ3n) is 4.46. The minimum Gasteiger partial charge on any atom is -0.391 e. The van der Waals surface area contributed by atoms with Crippen LogP contribution in [0.25, 0.3) is 0 Å². The maximum absolute atomic E-state index is 11.7. The Balaban J connectivity index is 2.35. The molecule has 4 atom stereocenters. The van der Waals surface area contributed by atoms with Gasteiger partial charge in [-0.25, -0.2) is 0 Å². The van der Waals surface area contributed by atoms with Gasteiger partial charge in [-0.2, -0.15) is 0 Å². The van der Waals surface area contributed by atoms with Gasteiger partial charge in [0.1, 0.15) is 0 Å². The minimum absolute atomic E-state index is 0.0101. The maximum Gasteiger partial charge on any atom is 0.222 e. The van der Waals surface area contributed by atoms with Crippen LogP contribution in [0.1, 0.15) is 60.3 Å². The van der Waals surface area contributed by atoms with E-state index in [1.54, 1.807) is 0 Å². The van der Waals surface area contributed by atoms with Crippen molar-refractivity contribution < 1.29 is 14.7 Å². The molecular weight excluding hydrogens is 280 g/mol. The van der Waals surface area contributed by atoms with Crippen LogP contribution in [-0.4, -0.2) is 35.1 Å². The highest BCUT2D eigenvalue weighted by molar-refractivity contribution is 5.78. The Morgan fingerprint density at radius 3 is 2.18 bits per heavy atom. The van der Waals surface area contributed by atoms with Gasteiger partial charge in [-0.1, -0.05) is 27.7 Å². The van der Waals surface area contributed by atoms with Gasteiger partial charge in [0.15, 0.2) is 0 Å². The number of rotatable bonds is 7. The zero-order valence-corrected chi connectivity index (χ0v) is 14.6. The van der Waals surface area contributed by atoms with Crippen molar-refractivity contribution in [3.05, 3.63) is 0 Å². The molecule has 0 spiro atoms. The molecule has 0 aromatic carbocycles. The fourth-order valence-corrected chi connectivity index (χ4v) is 2.82. The average Bonchev–Trinajstić information content (AvgIpc) is 2.85. The molecule has 0 bridgehead atoms.